The standard InChI is InChI=1S/C13H12O6/c1-7(2)17-13(16)11-6-4-9(19-11)8-3-5-10(18-8)12(14)15/h3-7H,1-2H3,(H,14,15). The maximum atomic E-state index is 11.6. The molecule has 0 aliphatic rings. The first-order valence-electron chi connectivity index (χ1n) is 5.61. The summed E-state index contributed by atoms with van der Waals surface area (Å²) < 4.78 is 15.3. The van der Waals surface area contributed by atoms with E-state index in [1.54, 1.807) is 13.8 Å². The quantitative estimate of drug-likeness (QED) is 0.854. The van der Waals surface area contributed by atoms with Crippen LogP contribution in [-0.2, 0) is 4.74 Å². The molecule has 0 bridgehead atoms. The number of carboxylic acids is 1. The highest BCUT2D eigenvalue weighted by molar-refractivity contribution is 5.87. The third-order valence-corrected chi connectivity index (χ3v) is 2.21. The van der Waals surface area contributed by atoms with Crippen molar-refractivity contribution in [1.82, 2.24) is 0 Å². The number of rotatable bonds is 4. The van der Waals surface area contributed by atoms with Crippen LogP contribution in [0.1, 0.15) is 35.0 Å². The van der Waals surface area contributed by atoms with Crippen LogP contribution < -0.4 is 0 Å². The van der Waals surface area contributed by atoms with Gasteiger partial charge >= 0.3 is 11.9 Å². The van der Waals surface area contributed by atoms with Crippen molar-refractivity contribution in [2.24, 2.45) is 0 Å². The van der Waals surface area contributed by atoms with E-state index in [2.05, 4.69) is 0 Å². The summed E-state index contributed by atoms with van der Waals surface area (Å²) in [6.45, 7) is 3.46. The van der Waals surface area contributed by atoms with Crippen molar-refractivity contribution in [3.63, 3.8) is 0 Å². The summed E-state index contributed by atoms with van der Waals surface area (Å²) in [5.74, 6) is -1.40. The van der Waals surface area contributed by atoms with E-state index in [4.69, 9.17) is 18.7 Å². The van der Waals surface area contributed by atoms with Gasteiger partial charge in [-0.15, -0.1) is 0 Å². The van der Waals surface area contributed by atoms with E-state index in [1.165, 1.54) is 24.3 Å². The molecule has 2 rings (SSSR count). The minimum atomic E-state index is -1.17. The molecular weight excluding hydrogens is 252 g/mol. The zero-order valence-electron chi connectivity index (χ0n) is 10.4. The van der Waals surface area contributed by atoms with Crippen molar-refractivity contribution >= 4 is 11.9 Å². The molecule has 100 valence electrons. The van der Waals surface area contributed by atoms with Gasteiger partial charge in [-0.05, 0) is 38.1 Å². The predicted molar refractivity (Wildman–Crippen MR) is 63.9 cm³/mol. The van der Waals surface area contributed by atoms with E-state index in [0.29, 0.717) is 0 Å². The minimum absolute atomic E-state index is 0.0389. The smallest absolute Gasteiger partial charge is 0.374 e. The SMILES string of the molecule is CC(C)OC(=O)c1ccc(-c2ccc(C(=O)O)o2)o1. The average Bonchev–Trinajstić information content (AvgIpc) is 2.97. The summed E-state index contributed by atoms with van der Waals surface area (Å²) in [5, 5.41) is 8.74. The maximum Gasteiger partial charge on any atom is 0.374 e. The molecule has 2 aromatic rings. The molecule has 0 unspecified atom stereocenters. The molecule has 6 heteroatoms. The molecule has 19 heavy (non-hydrogen) atoms. The van der Waals surface area contributed by atoms with E-state index in [-0.39, 0.29) is 29.1 Å². The van der Waals surface area contributed by atoms with Crippen LogP contribution in [0, 0.1) is 0 Å². The van der Waals surface area contributed by atoms with Gasteiger partial charge in [0.2, 0.25) is 11.5 Å². The second kappa shape index (κ2) is 5.01. The molecule has 0 amide bonds. The lowest BCUT2D eigenvalue weighted by Gasteiger charge is -2.04. The number of esters is 1. The van der Waals surface area contributed by atoms with Crippen LogP contribution in [0.15, 0.2) is 33.1 Å². The van der Waals surface area contributed by atoms with Crippen molar-refractivity contribution in [2.45, 2.75) is 20.0 Å². The van der Waals surface area contributed by atoms with E-state index in [0.717, 1.165) is 0 Å². The van der Waals surface area contributed by atoms with Crippen LogP contribution in [0.25, 0.3) is 11.5 Å². The summed E-state index contributed by atoms with van der Waals surface area (Å²) in [4.78, 5) is 22.3. The normalized spacial score (nSPS) is 10.7. The summed E-state index contributed by atoms with van der Waals surface area (Å²) >= 11 is 0. The molecule has 2 aromatic heterocycles. The number of carbonyl (C=O) groups excluding carboxylic acids is 1. The number of furan rings is 2. The second-order valence-electron chi connectivity index (χ2n) is 4.09. The number of aromatic carboxylic acids is 1. The minimum Gasteiger partial charge on any atom is -0.475 e. The zero-order chi connectivity index (χ0) is 14.0. The van der Waals surface area contributed by atoms with E-state index < -0.39 is 11.9 Å². The molecule has 0 aromatic carbocycles. The lowest BCUT2D eigenvalue weighted by atomic mass is 10.3. The first-order valence-corrected chi connectivity index (χ1v) is 5.61. The summed E-state index contributed by atoms with van der Waals surface area (Å²) in [5.41, 5.74) is 0. The first kappa shape index (κ1) is 12.9. The molecule has 1 N–H and O–H groups in total. The molecule has 0 aliphatic carbocycles. The molecule has 0 atom stereocenters. The summed E-state index contributed by atoms with van der Waals surface area (Å²) in [7, 11) is 0. The highest BCUT2D eigenvalue weighted by atomic mass is 16.6. The fourth-order valence-corrected chi connectivity index (χ4v) is 1.44. The van der Waals surface area contributed by atoms with Gasteiger partial charge in [0.15, 0.2) is 11.5 Å². The Bertz CT molecular complexity index is 604. The number of carbonyl (C=O) groups is 2. The van der Waals surface area contributed by atoms with Gasteiger partial charge in [-0.2, -0.15) is 0 Å². The Morgan fingerprint density at radius 3 is 2.05 bits per heavy atom. The third kappa shape index (κ3) is 2.85. The molecule has 0 saturated heterocycles. The van der Waals surface area contributed by atoms with Crippen LogP contribution in [-0.4, -0.2) is 23.1 Å². The molecule has 2 heterocycles. The van der Waals surface area contributed by atoms with Gasteiger partial charge in [0.05, 0.1) is 6.10 Å². The van der Waals surface area contributed by atoms with Gasteiger partial charge in [0, 0.05) is 0 Å². The predicted octanol–water partition coefficient (Wildman–Crippen LogP) is 2.80. The largest absolute Gasteiger partial charge is 0.475 e. The average molecular weight is 264 g/mol. The van der Waals surface area contributed by atoms with E-state index in [1.807, 2.05) is 0 Å². The molecule has 0 saturated carbocycles. The van der Waals surface area contributed by atoms with Crippen LogP contribution in [0.4, 0.5) is 0 Å². The summed E-state index contributed by atoms with van der Waals surface area (Å²) in [6.07, 6.45) is -0.247. The zero-order valence-corrected chi connectivity index (χ0v) is 10.4. The topological polar surface area (TPSA) is 89.9 Å². The van der Waals surface area contributed by atoms with Crippen molar-refractivity contribution in [3.05, 3.63) is 35.8 Å². The van der Waals surface area contributed by atoms with E-state index >= 15 is 0 Å². The van der Waals surface area contributed by atoms with Gasteiger partial charge in [-0.1, -0.05) is 0 Å². The third-order valence-electron chi connectivity index (χ3n) is 2.21. The highest BCUT2D eigenvalue weighted by Crippen LogP contribution is 2.25. The van der Waals surface area contributed by atoms with Crippen molar-refractivity contribution in [2.75, 3.05) is 0 Å². The van der Waals surface area contributed by atoms with Crippen LogP contribution >= 0.6 is 0 Å². The Balaban J connectivity index is 2.20. The molecule has 0 spiro atoms. The van der Waals surface area contributed by atoms with Gasteiger partial charge in [-0.25, -0.2) is 9.59 Å². The molecule has 0 fully saturated rings. The van der Waals surface area contributed by atoms with Crippen LogP contribution in [0.2, 0.25) is 0 Å². The Hall–Kier alpha value is -2.50. The van der Waals surface area contributed by atoms with Crippen molar-refractivity contribution in [1.29, 1.82) is 0 Å². The number of carboxylic acid groups (broad SMARTS) is 1. The molecule has 0 aliphatic heterocycles. The van der Waals surface area contributed by atoms with Crippen LogP contribution in [0.5, 0.6) is 0 Å². The van der Waals surface area contributed by atoms with Gasteiger partial charge < -0.3 is 18.7 Å². The van der Waals surface area contributed by atoms with Gasteiger partial charge in [0.25, 0.3) is 0 Å². The summed E-state index contributed by atoms with van der Waals surface area (Å²) in [6, 6.07) is 5.73. The number of hydrogen-bond donors (Lipinski definition) is 1. The maximum absolute atomic E-state index is 11.6. The van der Waals surface area contributed by atoms with Gasteiger partial charge in [0.1, 0.15) is 0 Å². The van der Waals surface area contributed by atoms with E-state index in [9.17, 15) is 9.59 Å². The fraction of sp³-hybridized carbons (Fsp3) is 0.231. The van der Waals surface area contributed by atoms with Crippen molar-refractivity contribution < 1.29 is 28.3 Å². The fourth-order valence-electron chi connectivity index (χ4n) is 1.44. The van der Waals surface area contributed by atoms with Crippen LogP contribution in [0.3, 0.4) is 0 Å². The monoisotopic (exact) mass is 264 g/mol. The van der Waals surface area contributed by atoms with Gasteiger partial charge in [-0.3, -0.25) is 0 Å². The lowest BCUT2D eigenvalue weighted by Crippen LogP contribution is -2.10. The molecule has 6 nitrogen and oxygen atoms in total. The Morgan fingerprint density at radius 2 is 1.58 bits per heavy atom. The molecular formula is C13H12O6. The van der Waals surface area contributed by atoms with Crippen molar-refractivity contribution in [3.8, 4) is 11.5 Å². The second-order valence-corrected chi connectivity index (χ2v) is 4.09. The Labute approximate surface area is 108 Å². The number of hydrogen-bond acceptors (Lipinski definition) is 5. The Morgan fingerprint density at radius 1 is 1.05 bits per heavy atom. The Kier molecular flexibility index (Phi) is 3.41. The first-order chi connectivity index (χ1) is 8.97. The number of ether oxygens (including phenoxy) is 1. The highest BCUT2D eigenvalue weighted by Gasteiger charge is 2.17. The lowest BCUT2D eigenvalue weighted by molar-refractivity contribution is 0.0342. The molecule has 0 radical (unpaired) electrons.